The average molecular weight is 267 g/mol. The molecule has 0 bridgehead atoms. The maximum atomic E-state index is 4.86. The maximum absolute atomic E-state index is 4.86. The number of fused-ring (bicyclic) bond motifs is 1. The molecule has 1 aliphatic heterocycles. The Bertz CT molecular complexity index is 639. The molecule has 3 rings (SSSR count). The van der Waals surface area contributed by atoms with E-state index >= 15 is 0 Å². The summed E-state index contributed by atoms with van der Waals surface area (Å²) in [6.45, 7) is 2.17. The van der Waals surface area contributed by atoms with Crippen LogP contribution in [0, 0.1) is 0 Å². The molecule has 1 aromatic carbocycles. The second-order valence-electron chi connectivity index (χ2n) is 5.39. The molecule has 0 fully saturated rings. The van der Waals surface area contributed by atoms with Gasteiger partial charge in [0.15, 0.2) is 0 Å². The molecule has 1 unspecified atom stereocenters. The quantitative estimate of drug-likeness (QED) is 0.812. The Balaban J connectivity index is 2.10. The highest BCUT2D eigenvalue weighted by atomic mass is 15.2. The highest BCUT2D eigenvalue weighted by molar-refractivity contribution is 5.86. The summed E-state index contributed by atoms with van der Waals surface area (Å²) in [7, 11) is 4.27. The summed E-state index contributed by atoms with van der Waals surface area (Å²) in [5, 5.41) is 0. The van der Waals surface area contributed by atoms with Crippen molar-refractivity contribution in [3.63, 3.8) is 0 Å². The molecule has 104 valence electrons. The van der Waals surface area contributed by atoms with Crippen molar-refractivity contribution in [2.75, 3.05) is 7.05 Å². The fraction of sp³-hybridized carbons (Fsp3) is 0.353. The zero-order valence-electron chi connectivity index (χ0n) is 12.4. The molecule has 3 nitrogen and oxygen atoms in total. The molecule has 0 saturated heterocycles. The van der Waals surface area contributed by atoms with Gasteiger partial charge >= 0.3 is 0 Å². The fourth-order valence-electron chi connectivity index (χ4n) is 2.99. The van der Waals surface area contributed by atoms with Crippen LogP contribution < -0.4 is 0 Å². The molecule has 0 spiro atoms. The molecular weight excluding hydrogens is 246 g/mol. The number of aliphatic imine (C=N–C) groups is 1. The van der Waals surface area contributed by atoms with Gasteiger partial charge in [-0.15, -0.1) is 0 Å². The highest BCUT2D eigenvalue weighted by Gasteiger charge is 2.25. The second kappa shape index (κ2) is 5.16. The van der Waals surface area contributed by atoms with Gasteiger partial charge in [0, 0.05) is 38.8 Å². The topological polar surface area (TPSA) is 20.5 Å². The van der Waals surface area contributed by atoms with E-state index in [2.05, 4.69) is 73.1 Å². The first-order valence-corrected chi connectivity index (χ1v) is 7.20. The smallest absolute Gasteiger partial charge is 0.105 e. The van der Waals surface area contributed by atoms with Crippen LogP contribution in [0.4, 0.5) is 5.69 Å². The first-order chi connectivity index (χ1) is 9.70. The van der Waals surface area contributed by atoms with Crippen LogP contribution >= 0.6 is 0 Å². The van der Waals surface area contributed by atoms with Gasteiger partial charge in [0.05, 0.1) is 11.7 Å². The minimum atomic E-state index is 0.345. The number of rotatable bonds is 2. The molecular formula is C17H21N3. The van der Waals surface area contributed by atoms with Crippen molar-refractivity contribution in [1.82, 2.24) is 9.47 Å². The fourth-order valence-corrected chi connectivity index (χ4v) is 2.99. The van der Waals surface area contributed by atoms with Crippen molar-refractivity contribution in [1.29, 1.82) is 0 Å². The molecule has 0 aliphatic carbocycles. The molecule has 1 aliphatic rings. The second-order valence-corrected chi connectivity index (χ2v) is 5.39. The van der Waals surface area contributed by atoms with Gasteiger partial charge < -0.3 is 9.47 Å². The minimum Gasteiger partial charge on any atom is -0.354 e. The number of para-hydroxylation sites is 1. The Kier molecular flexibility index (Phi) is 3.35. The number of hydrogen-bond donors (Lipinski definition) is 0. The standard InChI is InChI=1S/C17H21N3/c1-4-17-18-14-9-6-5-8-13(14)12-16(20(17)3)15-10-7-11-19(15)2/h5-11,16H,4,12H2,1-3H3. The Labute approximate surface area is 120 Å². The Morgan fingerprint density at radius 1 is 1.15 bits per heavy atom. The normalized spacial score (nSPS) is 18.4. The van der Waals surface area contributed by atoms with E-state index in [9.17, 15) is 0 Å². The number of likely N-dealkylation sites (N-methyl/N-ethyl adjacent to an activating group) is 1. The third kappa shape index (κ3) is 2.13. The summed E-state index contributed by atoms with van der Waals surface area (Å²) in [6.07, 6.45) is 4.06. The van der Waals surface area contributed by atoms with E-state index in [4.69, 9.17) is 4.99 Å². The summed E-state index contributed by atoms with van der Waals surface area (Å²) < 4.78 is 2.21. The van der Waals surface area contributed by atoms with Gasteiger partial charge in [-0.25, -0.2) is 4.99 Å². The molecule has 0 N–H and O–H groups in total. The van der Waals surface area contributed by atoms with Crippen molar-refractivity contribution in [2.24, 2.45) is 12.0 Å². The van der Waals surface area contributed by atoms with Crippen LogP contribution in [0.15, 0.2) is 47.6 Å². The summed E-state index contributed by atoms with van der Waals surface area (Å²) in [6, 6.07) is 13.2. The van der Waals surface area contributed by atoms with Crippen molar-refractivity contribution >= 4 is 11.5 Å². The molecule has 0 radical (unpaired) electrons. The van der Waals surface area contributed by atoms with E-state index in [-0.39, 0.29) is 0 Å². The number of aryl methyl sites for hydroxylation is 1. The SMILES string of the molecule is CCC1=Nc2ccccc2CC(c2cccn2C)N1C. The highest BCUT2D eigenvalue weighted by Crippen LogP contribution is 2.33. The van der Waals surface area contributed by atoms with Gasteiger partial charge in [0.25, 0.3) is 0 Å². The summed E-state index contributed by atoms with van der Waals surface area (Å²) in [5.41, 5.74) is 3.78. The first-order valence-electron chi connectivity index (χ1n) is 7.20. The van der Waals surface area contributed by atoms with Crippen LogP contribution in [0.25, 0.3) is 0 Å². The molecule has 3 heteroatoms. The van der Waals surface area contributed by atoms with Crippen LogP contribution in [0.1, 0.15) is 30.6 Å². The first kappa shape index (κ1) is 13.0. The Hall–Kier alpha value is -2.03. The predicted molar refractivity (Wildman–Crippen MR) is 83.4 cm³/mol. The lowest BCUT2D eigenvalue weighted by Gasteiger charge is -2.29. The number of nitrogens with zero attached hydrogens (tertiary/aromatic N) is 3. The number of amidine groups is 1. The van der Waals surface area contributed by atoms with Gasteiger partial charge in [-0.2, -0.15) is 0 Å². The summed E-state index contributed by atoms with van der Waals surface area (Å²) in [4.78, 5) is 7.19. The molecule has 1 aromatic heterocycles. The Morgan fingerprint density at radius 2 is 1.95 bits per heavy atom. The predicted octanol–water partition coefficient (Wildman–Crippen LogP) is 3.69. The number of benzene rings is 1. The van der Waals surface area contributed by atoms with Crippen molar-refractivity contribution < 1.29 is 0 Å². The maximum Gasteiger partial charge on any atom is 0.105 e. The van der Waals surface area contributed by atoms with E-state index < -0.39 is 0 Å². The van der Waals surface area contributed by atoms with Gasteiger partial charge in [0.2, 0.25) is 0 Å². The average Bonchev–Trinajstić information content (AvgIpc) is 2.82. The van der Waals surface area contributed by atoms with Gasteiger partial charge in [-0.1, -0.05) is 25.1 Å². The summed E-state index contributed by atoms with van der Waals surface area (Å²) >= 11 is 0. The number of aromatic nitrogens is 1. The number of hydrogen-bond acceptors (Lipinski definition) is 2. The van der Waals surface area contributed by atoms with Crippen LogP contribution in [0.2, 0.25) is 0 Å². The third-order valence-corrected chi connectivity index (χ3v) is 4.17. The monoisotopic (exact) mass is 267 g/mol. The van der Waals surface area contributed by atoms with Crippen molar-refractivity contribution in [3.05, 3.63) is 53.9 Å². The van der Waals surface area contributed by atoms with Gasteiger partial charge in [-0.3, -0.25) is 0 Å². The molecule has 20 heavy (non-hydrogen) atoms. The molecule has 1 atom stereocenters. The molecule has 0 saturated carbocycles. The van der Waals surface area contributed by atoms with Crippen LogP contribution in [-0.4, -0.2) is 22.4 Å². The van der Waals surface area contributed by atoms with E-state index in [0.717, 1.165) is 24.4 Å². The van der Waals surface area contributed by atoms with E-state index in [1.807, 2.05) is 0 Å². The largest absolute Gasteiger partial charge is 0.354 e. The Morgan fingerprint density at radius 3 is 2.65 bits per heavy atom. The lowest BCUT2D eigenvalue weighted by molar-refractivity contribution is 0.356. The zero-order chi connectivity index (χ0) is 14.1. The molecule has 0 amide bonds. The van der Waals surface area contributed by atoms with Crippen molar-refractivity contribution in [3.8, 4) is 0 Å². The lowest BCUT2D eigenvalue weighted by atomic mass is 10.0. The molecule has 2 aromatic rings. The lowest BCUT2D eigenvalue weighted by Crippen LogP contribution is -2.32. The minimum absolute atomic E-state index is 0.345. The zero-order valence-corrected chi connectivity index (χ0v) is 12.4. The summed E-state index contributed by atoms with van der Waals surface area (Å²) in [5.74, 6) is 1.15. The van der Waals surface area contributed by atoms with Crippen LogP contribution in [0.3, 0.4) is 0 Å². The van der Waals surface area contributed by atoms with E-state index in [0.29, 0.717) is 6.04 Å². The van der Waals surface area contributed by atoms with E-state index in [1.54, 1.807) is 0 Å². The van der Waals surface area contributed by atoms with Crippen molar-refractivity contribution in [2.45, 2.75) is 25.8 Å². The van der Waals surface area contributed by atoms with Crippen LogP contribution in [-0.2, 0) is 13.5 Å². The molecule has 2 heterocycles. The van der Waals surface area contributed by atoms with Crippen LogP contribution in [0.5, 0.6) is 0 Å². The third-order valence-electron chi connectivity index (χ3n) is 4.17. The van der Waals surface area contributed by atoms with Gasteiger partial charge in [-0.05, 0) is 23.8 Å². The van der Waals surface area contributed by atoms with E-state index in [1.165, 1.54) is 11.3 Å². The van der Waals surface area contributed by atoms with Gasteiger partial charge in [0.1, 0.15) is 5.84 Å².